The number of rotatable bonds is 1. The van der Waals surface area contributed by atoms with Crippen molar-refractivity contribution in [3.05, 3.63) is 29.6 Å². The minimum atomic E-state index is 0.585. The molecular weight excluding hydrogens is 260 g/mol. The first kappa shape index (κ1) is 11.8. The smallest absolute Gasteiger partial charge is 0.114 e. The fraction of sp³-hybridized carbons (Fsp3) is 0.529. The van der Waals surface area contributed by atoms with E-state index in [1.54, 1.807) is 0 Å². The van der Waals surface area contributed by atoms with E-state index in [0.29, 0.717) is 17.5 Å². The number of hydrogen-bond acceptors (Lipinski definition) is 3. The Balaban J connectivity index is 1.57. The molecule has 2 atom stereocenters. The summed E-state index contributed by atoms with van der Waals surface area (Å²) in [6, 6.07) is 9.66. The van der Waals surface area contributed by atoms with Gasteiger partial charge in [0.25, 0.3) is 0 Å². The molecule has 5 rings (SSSR count). The summed E-state index contributed by atoms with van der Waals surface area (Å²) in [6.45, 7) is 2.26. The average Bonchev–Trinajstić information content (AvgIpc) is 2.98. The van der Waals surface area contributed by atoms with E-state index in [-0.39, 0.29) is 0 Å². The molecule has 1 saturated heterocycles. The molecule has 3 heterocycles. The lowest BCUT2D eigenvalue weighted by atomic mass is 9.91. The molecule has 4 nitrogen and oxygen atoms in total. The van der Waals surface area contributed by atoms with E-state index in [2.05, 4.69) is 21.6 Å². The summed E-state index contributed by atoms with van der Waals surface area (Å²) in [6.07, 6.45) is 5.45. The van der Waals surface area contributed by atoms with E-state index in [0.717, 1.165) is 18.1 Å². The van der Waals surface area contributed by atoms with Crippen LogP contribution >= 0.6 is 0 Å². The predicted molar refractivity (Wildman–Crippen MR) is 79.9 cm³/mol. The zero-order valence-electron chi connectivity index (χ0n) is 12.0. The van der Waals surface area contributed by atoms with Crippen molar-refractivity contribution >= 4 is 11.0 Å². The van der Waals surface area contributed by atoms with Gasteiger partial charge in [0.2, 0.25) is 0 Å². The molecule has 0 radical (unpaired) electrons. The van der Waals surface area contributed by atoms with Crippen LogP contribution in [0.3, 0.4) is 0 Å². The second-order valence-electron chi connectivity index (χ2n) is 6.76. The molecule has 2 aliphatic heterocycles. The highest BCUT2D eigenvalue weighted by molar-refractivity contribution is 5.78. The van der Waals surface area contributed by atoms with Crippen molar-refractivity contribution in [2.75, 3.05) is 6.54 Å². The van der Waals surface area contributed by atoms with E-state index in [1.807, 2.05) is 12.1 Å². The quantitative estimate of drug-likeness (QED) is 0.805. The SMILES string of the molecule is N#Cc1ccc2c(c1)nc1n2CC2CC1CN2C1CCC1. The van der Waals surface area contributed by atoms with Crippen molar-refractivity contribution in [3.8, 4) is 6.07 Å². The van der Waals surface area contributed by atoms with Gasteiger partial charge in [-0.3, -0.25) is 4.90 Å². The summed E-state index contributed by atoms with van der Waals surface area (Å²) in [4.78, 5) is 7.61. The van der Waals surface area contributed by atoms with Gasteiger partial charge in [-0.2, -0.15) is 5.26 Å². The van der Waals surface area contributed by atoms with Gasteiger partial charge >= 0.3 is 0 Å². The molecule has 21 heavy (non-hydrogen) atoms. The molecule has 1 aromatic heterocycles. The molecular formula is C17H18N4. The van der Waals surface area contributed by atoms with Crippen molar-refractivity contribution in [2.24, 2.45) is 0 Å². The van der Waals surface area contributed by atoms with Gasteiger partial charge in [-0.25, -0.2) is 4.98 Å². The third kappa shape index (κ3) is 1.55. The van der Waals surface area contributed by atoms with Crippen LogP contribution in [-0.2, 0) is 6.54 Å². The maximum absolute atomic E-state index is 9.04. The van der Waals surface area contributed by atoms with Crippen molar-refractivity contribution < 1.29 is 0 Å². The number of fused-ring (bicyclic) bond motifs is 6. The van der Waals surface area contributed by atoms with Crippen molar-refractivity contribution in [1.29, 1.82) is 5.26 Å². The van der Waals surface area contributed by atoms with E-state index >= 15 is 0 Å². The first-order valence-corrected chi connectivity index (χ1v) is 7.99. The van der Waals surface area contributed by atoms with Crippen LogP contribution in [0.1, 0.15) is 43.0 Å². The Morgan fingerprint density at radius 3 is 2.86 bits per heavy atom. The fourth-order valence-corrected chi connectivity index (χ4v) is 4.41. The number of imidazole rings is 1. The van der Waals surface area contributed by atoms with Gasteiger partial charge in [-0.05, 0) is 37.5 Å². The Bertz CT molecular complexity index is 765. The summed E-state index contributed by atoms with van der Waals surface area (Å²) in [5, 5.41) is 9.04. The molecule has 2 unspecified atom stereocenters. The molecule has 106 valence electrons. The lowest BCUT2D eigenvalue weighted by Crippen LogP contribution is -2.44. The molecule has 2 aromatic rings. The van der Waals surface area contributed by atoms with Crippen LogP contribution in [0.2, 0.25) is 0 Å². The normalized spacial score (nSPS) is 28.3. The summed E-state index contributed by atoms with van der Waals surface area (Å²) in [5.41, 5.74) is 2.90. The number of nitriles is 1. The molecule has 0 N–H and O–H groups in total. The second-order valence-corrected chi connectivity index (χ2v) is 6.76. The topological polar surface area (TPSA) is 44.9 Å². The Labute approximate surface area is 124 Å². The first-order chi connectivity index (χ1) is 10.3. The van der Waals surface area contributed by atoms with Crippen LogP contribution in [0.4, 0.5) is 0 Å². The summed E-state index contributed by atoms with van der Waals surface area (Å²) in [5.74, 6) is 1.83. The fourth-order valence-electron chi connectivity index (χ4n) is 4.41. The van der Waals surface area contributed by atoms with Crippen LogP contribution in [0, 0.1) is 11.3 Å². The third-order valence-electron chi connectivity index (χ3n) is 5.67. The minimum absolute atomic E-state index is 0.585. The summed E-state index contributed by atoms with van der Waals surface area (Å²) >= 11 is 0. The molecule has 1 aliphatic carbocycles. The second kappa shape index (κ2) is 4.08. The molecule has 1 saturated carbocycles. The lowest BCUT2D eigenvalue weighted by molar-refractivity contribution is 0.108. The third-order valence-corrected chi connectivity index (χ3v) is 5.67. The van der Waals surface area contributed by atoms with Crippen molar-refractivity contribution in [2.45, 2.75) is 50.2 Å². The molecule has 3 aliphatic rings. The monoisotopic (exact) mass is 278 g/mol. The molecule has 2 fully saturated rings. The van der Waals surface area contributed by atoms with Crippen LogP contribution in [0.5, 0.6) is 0 Å². The highest BCUT2D eigenvalue weighted by atomic mass is 15.3. The van der Waals surface area contributed by atoms with Crippen LogP contribution in [0.15, 0.2) is 18.2 Å². The number of nitrogens with zero attached hydrogens (tertiary/aromatic N) is 4. The van der Waals surface area contributed by atoms with Gasteiger partial charge in [0.05, 0.1) is 22.7 Å². The van der Waals surface area contributed by atoms with E-state index < -0.39 is 0 Å². The number of aromatic nitrogens is 2. The predicted octanol–water partition coefficient (Wildman–Crippen LogP) is 2.63. The molecule has 4 heteroatoms. The Morgan fingerprint density at radius 2 is 2.10 bits per heavy atom. The number of likely N-dealkylation sites (tertiary alicyclic amines) is 1. The van der Waals surface area contributed by atoms with Gasteiger partial charge in [-0.1, -0.05) is 6.42 Å². The van der Waals surface area contributed by atoms with Gasteiger partial charge < -0.3 is 4.57 Å². The Hall–Kier alpha value is -1.86. The van der Waals surface area contributed by atoms with Gasteiger partial charge in [0.15, 0.2) is 0 Å². The maximum atomic E-state index is 9.04. The molecule has 0 spiro atoms. The Kier molecular flexibility index (Phi) is 2.29. The molecule has 1 aromatic carbocycles. The summed E-state index contributed by atoms with van der Waals surface area (Å²) < 4.78 is 2.41. The Morgan fingerprint density at radius 1 is 1.19 bits per heavy atom. The van der Waals surface area contributed by atoms with Gasteiger partial charge in [-0.15, -0.1) is 0 Å². The highest BCUT2D eigenvalue weighted by Gasteiger charge is 2.44. The molecule has 0 amide bonds. The van der Waals surface area contributed by atoms with Crippen LogP contribution in [-0.4, -0.2) is 33.1 Å². The standard InChI is InChI=1S/C17H18N4/c18-8-11-4-5-16-15(6-11)19-17-12-7-14(10-21(16)17)20(9-12)13-2-1-3-13/h4-6,12-14H,1-3,7,9-10H2. The summed E-state index contributed by atoms with van der Waals surface area (Å²) in [7, 11) is 0. The van der Waals surface area contributed by atoms with E-state index in [1.165, 1.54) is 43.6 Å². The lowest BCUT2D eigenvalue weighted by Gasteiger charge is -2.38. The number of benzene rings is 1. The first-order valence-electron chi connectivity index (χ1n) is 7.99. The zero-order chi connectivity index (χ0) is 14.0. The van der Waals surface area contributed by atoms with Crippen LogP contribution < -0.4 is 0 Å². The van der Waals surface area contributed by atoms with Gasteiger partial charge in [0, 0.05) is 31.1 Å². The highest BCUT2D eigenvalue weighted by Crippen LogP contribution is 2.42. The maximum Gasteiger partial charge on any atom is 0.114 e. The van der Waals surface area contributed by atoms with E-state index in [9.17, 15) is 0 Å². The average molecular weight is 278 g/mol. The van der Waals surface area contributed by atoms with Crippen molar-refractivity contribution in [3.63, 3.8) is 0 Å². The van der Waals surface area contributed by atoms with E-state index in [4.69, 9.17) is 10.2 Å². The zero-order valence-corrected chi connectivity index (χ0v) is 12.0. The molecule has 2 bridgehead atoms. The van der Waals surface area contributed by atoms with Crippen LogP contribution in [0.25, 0.3) is 11.0 Å². The minimum Gasteiger partial charge on any atom is -0.326 e. The van der Waals surface area contributed by atoms with Crippen molar-refractivity contribution in [1.82, 2.24) is 14.5 Å². The van der Waals surface area contributed by atoms with Gasteiger partial charge in [0.1, 0.15) is 5.82 Å². The number of hydrogen-bond donors (Lipinski definition) is 0. The largest absolute Gasteiger partial charge is 0.326 e.